The van der Waals surface area contributed by atoms with E-state index in [0.717, 1.165) is 22.2 Å². The molecule has 1 aromatic rings. The average molecular weight is 357 g/mol. The Hall–Kier alpha value is -0.880. The van der Waals surface area contributed by atoms with Crippen molar-refractivity contribution in [1.82, 2.24) is 10.2 Å². The molecule has 1 saturated heterocycles. The van der Waals surface area contributed by atoms with Gasteiger partial charge in [0.1, 0.15) is 11.6 Å². The molecular formula is C14H17BrN2O2S. The molecule has 1 aromatic heterocycles. The highest BCUT2D eigenvalue weighted by Crippen LogP contribution is 2.42. The molecule has 4 nitrogen and oxygen atoms in total. The fraction of sp³-hybridized carbons (Fsp3) is 0.571. The average Bonchev–Trinajstić information content (AvgIpc) is 3.18. The molecule has 2 unspecified atom stereocenters. The maximum absolute atomic E-state index is 12.8. The lowest BCUT2D eigenvalue weighted by Gasteiger charge is -2.43. The second kappa shape index (κ2) is 4.84. The summed E-state index contributed by atoms with van der Waals surface area (Å²) < 4.78 is 1.00. The van der Waals surface area contributed by atoms with Crippen molar-refractivity contribution in [1.29, 1.82) is 0 Å². The number of halogens is 1. The van der Waals surface area contributed by atoms with Gasteiger partial charge in [-0.15, -0.1) is 11.3 Å². The molecule has 108 valence electrons. The second-order valence-corrected chi connectivity index (χ2v) is 7.62. The summed E-state index contributed by atoms with van der Waals surface area (Å²) in [7, 11) is 0. The summed E-state index contributed by atoms with van der Waals surface area (Å²) in [6.07, 6.45) is 2.04. The van der Waals surface area contributed by atoms with Crippen LogP contribution < -0.4 is 5.32 Å². The number of nitrogens with zero attached hydrogens (tertiary/aromatic N) is 1. The number of hydrogen-bond acceptors (Lipinski definition) is 3. The van der Waals surface area contributed by atoms with Crippen molar-refractivity contribution in [2.75, 3.05) is 0 Å². The van der Waals surface area contributed by atoms with E-state index in [1.54, 1.807) is 23.2 Å². The second-order valence-electron chi connectivity index (χ2n) is 5.77. The lowest BCUT2D eigenvalue weighted by atomic mass is 9.89. The monoisotopic (exact) mass is 356 g/mol. The maximum Gasteiger partial charge on any atom is 0.249 e. The molecule has 1 saturated carbocycles. The van der Waals surface area contributed by atoms with Gasteiger partial charge in [-0.25, -0.2) is 0 Å². The first-order chi connectivity index (χ1) is 9.43. The number of rotatable bonds is 3. The molecule has 0 bridgehead atoms. The molecule has 3 rings (SSSR count). The Labute approximate surface area is 130 Å². The molecule has 0 spiro atoms. The molecule has 1 aliphatic carbocycles. The Bertz CT molecular complexity index is 569. The Kier molecular flexibility index (Phi) is 3.41. The fourth-order valence-electron chi connectivity index (χ4n) is 2.77. The van der Waals surface area contributed by atoms with Gasteiger partial charge in [0.05, 0.1) is 6.54 Å². The van der Waals surface area contributed by atoms with Gasteiger partial charge in [-0.2, -0.15) is 0 Å². The van der Waals surface area contributed by atoms with Crippen LogP contribution >= 0.6 is 27.3 Å². The minimum Gasteiger partial charge on any atom is -0.340 e. The van der Waals surface area contributed by atoms with Gasteiger partial charge in [0, 0.05) is 9.35 Å². The van der Waals surface area contributed by atoms with E-state index in [0.29, 0.717) is 12.5 Å². The first-order valence-electron chi connectivity index (χ1n) is 6.78. The van der Waals surface area contributed by atoms with Crippen LogP contribution in [0.1, 0.15) is 31.6 Å². The van der Waals surface area contributed by atoms with Crippen molar-refractivity contribution in [3.8, 4) is 0 Å². The van der Waals surface area contributed by atoms with Gasteiger partial charge < -0.3 is 10.2 Å². The minimum atomic E-state index is -0.715. The fourth-order valence-corrected chi connectivity index (χ4v) is 4.24. The Balaban J connectivity index is 1.89. The van der Waals surface area contributed by atoms with E-state index in [4.69, 9.17) is 0 Å². The predicted octanol–water partition coefficient (Wildman–Crippen LogP) is 2.53. The third kappa shape index (κ3) is 2.19. The zero-order valence-corrected chi connectivity index (χ0v) is 13.9. The number of nitrogens with one attached hydrogen (secondary N) is 1. The van der Waals surface area contributed by atoms with Crippen LogP contribution in [-0.4, -0.2) is 28.3 Å². The first kappa shape index (κ1) is 14.1. The highest BCUT2D eigenvalue weighted by molar-refractivity contribution is 9.10. The highest BCUT2D eigenvalue weighted by atomic mass is 79.9. The van der Waals surface area contributed by atoms with E-state index < -0.39 is 11.6 Å². The predicted molar refractivity (Wildman–Crippen MR) is 81.3 cm³/mol. The number of amides is 2. The largest absolute Gasteiger partial charge is 0.340 e. The van der Waals surface area contributed by atoms with Gasteiger partial charge in [0.2, 0.25) is 11.8 Å². The van der Waals surface area contributed by atoms with E-state index in [-0.39, 0.29) is 11.8 Å². The van der Waals surface area contributed by atoms with E-state index in [1.165, 1.54) is 0 Å². The Morgan fingerprint density at radius 1 is 1.50 bits per heavy atom. The van der Waals surface area contributed by atoms with Gasteiger partial charge in [0.15, 0.2) is 0 Å². The summed E-state index contributed by atoms with van der Waals surface area (Å²) in [5.41, 5.74) is -0.715. The number of hydrogen-bond donors (Lipinski definition) is 1. The summed E-state index contributed by atoms with van der Waals surface area (Å²) in [6, 6.07) is 1.56. The lowest BCUT2D eigenvalue weighted by Crippen LogP contribution is -2.69. The summed E-state index contributed by atoms with van der Waals surface area (Å²) in [4.78, 5) is 27.8. The van der Waals surface area contributed by atoms with Crippen molar-refractivity contribution in [2.45, 2.75) is 44.8 Å². The van der Waals surface area contributed by atoms with E-state index in [9.17, 15) is 9.59 Å². The van der Waals surface area contributed by atoms with Crippen LogP contribution in [0.15, 0.2) is 15.9 Å². The van der Waals surface area contributed by atoms with Gasteiger partial charge in [-0.05, 0) is 60.0 Å². The van der Waals surface area contributed by atoms with E-state index >= 15 is 0 Å². The number of piperazine rings is 1. The zero-order chi connectivity index (χ0) is 14.5. The molecule has 0 radical (unpaired) electrons. The first-order valence-corrected chi connectivity index (χ1v) is 8.45. The summed E-state index contributed by atoms with van der Waals surface area (Å²) in [5, 5.41) is 4.92. The van der Waals surface area contributed by atoms with Crippen LogP contribution in [-0.2, 0) is 16.1 Å². The molecule has 20 heavy (non-hydrogen) atoms. The van der Waals surface area contributed by atoms with Crippen LogP contribution in [0.3, 0.4) is 0 Å². The molecular weight excluding hydrogens is 340 g/mol. The van der Waals surface area contributed by atoms with Gasteiger partial charge >= 0.3 is 0 Å². The van der Waals surface area contributed by atoms with Gasteiger partial charge in [-0.3, -0.25) is 9.59 Å². The van der Waals surface area contributed by atoms with Crippen molar-refractivity contribution in [3.63, 3.8) is 0 Å². The molecule has 2 heterocycles. The van der Waals surface area contributed by atoms with Crippen molar-refractivity contribution >= 4 is 39.1 Å². The van der Waals surface area contributed by atoms with Crippen molar-refractivity contribution in [3.05, 3.63) is 20.8 Å². The number of carbonyl (C=O) groups is 2. The third-order valence-electron chi connectivity index (χ3n) is 4.33. The summed E-state index contributed by atoms with van der Waals surface area (Å²) in [5.74, 6) is 0.291. The zero-order valence-electron chi connectivity index (χ0n) is 11.5. The van der Waals surface area contributed by atoms with E-state index in [1.807, 2.05) is 18.4 Å². The number of thiophene rings is 1. The minimum absolute atomic E-state index is 0.0485. The normalized spacial score (nSPS) is 30.6. The summed E-state index contributed by atoms with van der Waals surface area (Å²) >= 11 is 5.09. The van der Waals surface area contributed by atoms with E-state index in [2.05, 4.69) is 21.2 Å². The van der Waals surface area contributed by atoms with Crippen LogP contribution in [0.4, 0.5) is 0 Å². The standard InChI is InChI=1S/C14H17BrN2O2S/c1-8-12(18)16-14(2,9-3-4-9)13(19)17(8)7-11-10(15)5-6-20-11/h5-6,8-9H,3-4,7H2,1-2H3,(H,16,18). The lowest BCUT2D eigenvalue weighted by molar-refractivity contribution is -0.155. The van der Waals surface area contributed by atoms with Gasteiger partial charge in [-0.1, -0.05) is 0 Å². The van der Waals surface area contributed by atoms with Crippen molar-refractivity contribution < 1.29 is 9.59 Å². The SMILES string of the molecule is CC1C(=O)NC(C)(C2CC2)C(=O)N1Cc1sccc1Br. The Morgan fingerprint density at radius 2 is 2.20 bits per heavy atom. The highest BCUT2D eigenvalue weighted by Gasteiger charge is 2.54. The topological polar surface area (TPSA) is 49.4 Å². The molecule has 2 amide bonds. The maximum atomic E-state index is 12.8. The quantitative estimate of drug-likeness (QED) is 0.904. The molecule has 1 aliphatic heterocycles. The molecule has 0 aromatic carbocycles. The molecule has 2 aliphatic rings. The van der Waals surface area contributed by atoms with Crippen LogP contribution in [0.2, 0.25) is 0 Å². The smallest absolute Gasteiger partial charge is 0.249 e. The molecule has 6 heteroatoms. The third-order valence-corrected chi connectivity index (χ3v) is 6.24. The number of carbonyl (C=O) groups excluding carboxylic acids is 2. The summed E-state index contributed by atoms with van der Waals surface area (Å²) in [6.45, 7) is 4.16. The van der Waals surface area contributed by atoms with Gasteiger partial charge in [0.25, 0.3) is 0 Å². The van der Waals surface area contributed by atoms with Crippen LogP contribution in [0, 0.1) is 5.92 Å². The van der Waals surface area contributed by atoms with Crippen LogP contribution in [0.25, 0.3) is 0 Å². The molecule has 2 atom stereocenters. The Morgan fingerprint density at radius 3 is 2.75 bits per heavy atom. The van der Waals surface area contributed by atoms with Crippen molar-refractivity contribution in [2.24, 2.45) is 5.92 Å². The van der Waals surface area contributed by atoms with Crippen LogP contribution in [0.5, 0.6) is 0 Å². The molecule has 2 fully saturated rings. The molecule has 1 N–H and O–H groups in total.